The van der Waals surface area contributed by atoms with Crippen LogP contribution in [0, 0.1) is 6.92 Å². The van der Waals surface area contributed by atoms with Crippen molar-refractivity contribution in [2.24, 2.45) is 0 Å². The Bertz CT molecular complexity index is 614. The lowest BCUT2D eigenvalue weighted by molar-refractivity contribution is 0.0600. The lowest BCUT2D eigenvalue weighted by atomic mass is 10.1. The van der Waals surface area contributed by atoms with Crippen molar-refractivity contribution in [2.45, 2.75) is 19.9 Å². The summed E-state index contributed by atoms with van der Waals surface area (Å²) in [4.78, 5) is 14.3. The normalized spacial score (nSPS) is 15.5. The Labute approximate surface area is 112 Å². The molecule has 0 radical (unpaired) electrons. The van der Waals surface area contributed by atoms with Crippen LogP contribution in [0.4, 0.5) is 0 Å². The van der Waals surface area contributed by atoms with Crippen LogP contribution in [0.25, 0.3) is 11.0 Å². The second-order valence-corrected chi connectivity index (χ2v) is 5.06. The Hall–Kier alpha value is -1.81. The molecule has 1 saturated heterocycles. The summed E-state index contributed by atoms with van der Waals surface area (Å²) in [7, 11) is 0. The first kappa shape index (κ1) is 12.2. The number of hydrogen-bond donors (Lipinski definition) is 1. The molecule has 1 N–H and O–H groups in total. The van der Waals surface area contributed by atoms with E-state index in [1.807, 2.05) is 43.0 Å². The van der Waals surface area contributed by atoms with Gasteiger partial charge >= 0.3 is 0 Å². The van der Waals surface area contributed by atoms with Crippen molar-refractivity contribution < 1.29 is 9.21 Å². The Balaban J connectivity index is 1.91. The van der Waals surface area contributed by atoms with Crippen LogP contribution in [0.1, 0.15) is 23.0 Å². The third-order valence-corrected chi connectivity index (χ3v) is 3.68. The number of amides is 1. The van der Waals surface area contributed by atoms with Gasteiger partial charge < -0.3 is 14.6 Å². The van der Waals surface area contributed by atoms with Crippen molar-refractivity contribution in [1.82, 2.24) is 10.2 Å². The van der Waals surface area contributed by atoms with Gasteiger partial charge in [0.2, 0.25) is 0 Å². The molecule has 0 atom stereocenters. The van der Waals surface area contributed by atoms with Crippen molar-refractivity contribution in [1.29, 1.82) is 0 Å². The van der Waals surface area contributed by atoms with Crippen molar-refractivity contribution in [3.05, 3.63) is 35.6 Å². The fourth-order valence-electron chi connectivity index (χ4n) is 2.47. The molecule has 0 aliphatic carbocycles. The minimum atomic E-state index is -0.0112. The summed E-state index contributed by atoms with van der Waals surface area (Å²) >= 11 is 0. The fraction of sp³-hybridized carbons (Fsp3) is 0.400. The maximum Gasteiger partial charge on any atom is 0.289 e. The van der Waals surface area contributed by atoms with E-state index in [9.17, 15) is 4.79 Å². The first-order valence-electron chi connectivity index (χ1n) is 6.71. The number of rotatable bonds is 3. The lowest BCUT2D eigenvalue weighted by Gasteiger charge is -2.37. The van der Waals surface area contributed by atoms with E-state index in [1.165, 1.54) is 5.56 Å². The second kappa shape index (κ2) is 4.70. The fourth-order valence-corrected chi connectivity index (χ4v) is 2.47. The largest absolute Gasteiger partial charge is 0.451 e. The molecule has 2 aromatic rings. The number of aryl methyl sites for hydroxylation is 1. The van der Waals surface area contributed by atoms with Crippen LogP contribution in [-0.2, 0) is 0 Å². The molecule has 19 heavy (non-hydrogen) atoms. The molecule has 0 saturated carbocycles. The number of carbonyl (C=O) groups is 1. The van der Waals surface area contributed by atoms with Crippen LogP contribution >= 0.6 is 0 Å². The standard InChI is InChI=1S/C15H18N2O2/c1-3-17(12-8-16-9-12)15(18)14-7-11-6-10(2)4-5-13(11)19-14/h4-7,12,16H,3,8-9H2,1-2H3. The monoisotopic (exact) mass is 258 g/mol. The van der Waals surface area contributed by atoms with Crippen molar-refractivity contribution >= 4 is 16.9 Å². The van der Waals surface area contributed by atoms with Gasteiger partial charge in [0.1, 0.15) is 5.58 Å². The van der Waals surface area contributed by atoms with E-state index in [-0.39, 0.29) is 5.91 Å². The summed E-state index contributed by atoms with van der Waals surface area (Å²) < 4.78 is 5.67. The number of hydrogen-bond acceptors (Lipinski definition) is 3. The maximum atomic E-state index is 12.5. The number of fused-ring (bicyclic) bond motifs is 1. The summed E-state index contributed by atoms with van der Waals surface area (Å²) in [5.74, 6) is 0.428. The molecule has 1 fully saturated rings. The number of nitrogens with one attached hydrogen (secondary N) is 1. The van der Waals surface area contributed by atoms with E-state index in [4.69, 9.17) is 4.42 Å². The van der Waals surface area contributed by atoms with Crippen LogP contribution in [0.2, 0.25) is 0 Å². The van der Waals surface area contributed by atoms with E-state index in [0.29, 0.717) is 18.3 Å². The van der Waals surface area contributed by atoms with E-state index < -0.39 is 0 Å². The van der Waals surface area contributed by atoms with Crippen LogP contribution < -0.4 is 5.32 Å². The van der Waals surface area contributed by atoms with Crippen molar-refractivity contribution in [3.8, 4) is 0 Å². The highest BCUT2D eigenvalue weighted by molar-refractivity contribution is 5.96. The average molecular weight is 258 g/mol. The van der Waals surface area contributed by atoms with Crippen LogP contribution in [0.3, 0.4) is 0 Å². The lowest BCUT2D eigenvalue weighted by Crippen LogP contribution is -2.58. The molecule has 1 aromatic heterocycles. The molecule has 1 amide bonds. The molecule has 0 spiro atoms. The Morgan fingerprint density at radius 1 is 1.42 bits per heavy atom. The summed E-state index contributed by atoms with van der Waals surface area (Å²) in [6.07, 6.45) is 0. The topological polar surface area (TPSA) is 45.5 Å². The van der Waals surface area contributed by atoms with Gasteiger partial charge in [-0.25, -0.2) is 0 Å². The minimum Gasteiger partial charge on any atom is -0.451 e. The quantitative estimate of drug-likeness (QED) is 0.917. The molecule has 3 rings (SSSR count). The highest BCUT2D eigenvalue weighted by Crippen LogP contribution is 2.22. The number of likely N-dealkylation sites (N-methyl/N-ethyl adjacent to an activating group) is 1. The molecule has 4 nitrogen and oxygen atoms in total. The highest BCUT2D eigenvalue weighted by atomic mass is 16.3. The molecule has 1 aliphatic heterocycles. The van der Waals surface area contributed by atoms with Crippen LogP contribution in [0.5, 0.6) is 0 Å². The zero-order valence-corrected chi connectivity index (χ0v) is 11.3. The minimum absolute atomic E-state index is 0.0112. The van der Waals surface area contributed by atoms with Crippen LogP contribution in [-0.4, -0.2) is 36.5 Å². The van der Waals surface area contributed by atoms with Gasteiger partial charge in [-0.2, -0.15) is 0 Å². The van der Waals surface area contributed by atoms with Gasteiger partial charge in [-0.15, -0.1) is 0 Å². The third kappa shape index (κ3) is 2.12. The zero-order chi connectivity index (χ0) is 13.4. The molecule has 100 valence electrons. The molecule has 2 heterocycles. The SMILES string of the molecule is CCN(C(=O)c1cc2cc(C)ccc2o1)C1CNC1. The summed E-state index contributed by atoms with van der Waals surface area (Å²) in [6, 6.07) is 8.10. The first-order chi connectivity index (χ1) is 9.19. The molecular formula is C15H18N2O2. The molecule has 0 bridgehead atoms. The van der Waals surface area contributed by atoms with Gasteiger partial charge in [0, 0.05) is 25.0 Å². The van der Waals surface area contributed by atoms with Crippen molar-refractivity contribution in [2.75, 3.05) is 19.6 Å². The number of benzene rings is 1. The van der Waals surface area contributed by atoms with Crippen molar-refractivity contribution in [3.63, 3.8) is 0 Å². The molecule has 1 aliphatic rings. The number of furan rings is 1. The molecule has 0 unspecified atom stereocenters. The number of nitrogens with zero attached hydrogens (tertiary/aromatic N) is 1. The first-order valence-corrected chi connectivity index (χ1v) is 6.71. The maximum absolute atomic E-state index is 12.5. The van der Waals surface area contributed by atoms with Gasteiger partial charge in [0.05, 0.1) is 6.04 Å². The van der Waals surface area contributed by atoms with Gasteiger partial charge in [-0.05, 0) is 32.0 Å². The van der Waals surface area contributed by atoms with Crippen LogP contribution in [0.15, 0.2) is 28.7 Å². The highest BCUT2D eigenvalue weighted by Gasteiger charge is 2.29. The van der Waals surface area contributed by atoms with E-state index in [0.717, 1.165) is 24.1 Å². The molecular weight excluding hydrogens is 240 g/mol. The Kier molecular flexibility index (Phi) is 3.03. The molecule has 1 aromatic carbocycles. The average Bonchev–Trinajstić information content (AvgIpc) is 2.75. The Morgan fingerprint density at radius 3 is 2.84 bits per heavy atom. The zero-order valence-electron chi connectivity index (χ0n) is 11.3. The summed E-state index contributed by atoms with van der Waals surface area (Å²) in [5, 5.41) is 4.18. The smallest absolute Gasteiger partial charge is 0.289 e. The molecule has 4 heteroatoms. The predicted octanol–water partition coefficient (Wildman–Crippen LogP) is 2.18. The summed E-state index contributed by atoms with van der Waals surface area (Å²) in [6.45, 7) is 6.49. The van der Waals surface area contributed by atoms with Gasteiger partial charge in [0.15, 0.2) is 5.76 Å². The predicted molar refractivity (Wildman–Crippen MR) is 74.3 cm³/mol. The van der Waals surface area contributed by atoms with E-state index in [2.05, 4.69) is 5.32 Å². The van der Waals surface area contributed by atoms with Gasteiger partial charge in [-0.1, -0.05) is 11.6 Å². The van der Waals surface area contributed by atoms with E-state index >= 15 is 0 Å². The summed E-state index contributed by atoms with van der Waals surface area (Å²) in [5.41, 5.74) is 1.94. The van der Waals surface area contributed by atoms with Gasteiger partial charge in [-0.3, -0.25) is 4.79 Å². The Morgan fingerprint density at radius 2 is 2.21 bits per heavy atom. The van der Waals surface area contributed by atoms with Gasteiger partial charge in [0.25, 0.3) is 5.91 Å². The van der Waals surface area contributed by atoms with E-state index in [1.54, 1.807) is 0 Å². The number of carbonyl (C=O) groups excluding carboxylic acids is 1. The second-order valence-electron chi connectivity index (χ2n) is 5.06. The third-order valence-electron chi connectivity index (χ3n) is 3.68.